The highest BCUT2D eigenvalue weighted by molar-refractivity contribution is 9.10. The van der Waals surface area contributed by atoms with Gasteiger partial charge in [-0.1, -0.05) is 15.9 Å². The number of halogens is 2. The van der Waals surface area contributed by atoms with Gasteiger partial charge in [0.2, 0.25) is 0 Å². The van der Waals surface area contributed by atoms with Crippen LogP contribution in [0.4, 0.5) is 20.6 Å². The second-order valence-corrected chi connectivity index (χ2v) is 5.13. The molecule has 3 rings (SSSR count). The molecule has 21 heavy (non-hydrogen) atoms. The Hall–Kier alpha value is -2.48. The van der Waals surface area contributed by atoms with Crippen molar-refractivity contribution in [2.45, 2.75) is 0 Å². The summed E-state index contributed by atoms with van der Waals surface area (Å²) in [4.78, 5) is 11.9. The lowest BCUT2D eigenvalue weighted by molar-refractivity contribution is 0.262. The Morgan fingerprint density at radius 2 is 2.10 bits per heavy atom. The SMILES string of the molecule is O=C(Nc1ccc2nncn2c1)Nc1ccc(Br)cc1F. The highest BCUT2D eigenvalue weighted by Crippen LogP contribution is 2.19. The molecule has 0 saturated heterocycles. The minimum atomic E-state index is -0.538. The molecule has 8 heteroatoms. The molecule has 0 aliphatic heterocycles. The van der Waals surface area contributed by atoms with Crippen LogP contribution in [0.5, 0.6) is 0 Å². The molecule has 0 fully saturated rings. The van der Waals surface area contributed by atoms with Crippen molar-refractivity contribution in [3.8, 4) is 0 Å². The molecule has 2 amide bonds. The molecule has 0 aliphatic rings. The van der Waals surface area contributed by atoms with Gasteiger partial charge in [-0.15, -0.1) is 10.2 Å². The third-order valence-electron chi connectivity index (χ3n) is 2.73. The molecule has 2 heterocycles. The number of hydrogen-bond acceptors (Lipinski definition) is 3. The first-order valence-corrected chi connectivity index (χ1v) is 6.73. The first kappa shape index (κ1) is 13.5. The maximum atomic E-state index is 13.6. The first-order chi connectivity index (χ1) is 10.1. The van der Waals surface area contributed by atoms with Crippen LogP contribution in [0.1, 0.15) is 0 Å². The molecule has 2 aromatic heterocycles. The summed E-state index contributed by atoms with van der Waals surface area (Å²) in [6.45, 7) is 0. The predicted molar refractivity (Wildman–Crippen MR) is 79.7 cm³/mol. The third kappa shape index (κ3) is 3.00. The van der Waals surface area contributed by atoms with Crippen molar-refractivity contribution in [3.63, 3.8) is 0 Å². The summed E-state index contributed by atoms with van der Waals surface area (Å²) in [6.07, 6.45) is 3.18. The number of hydrogen-bond donors (Lipinski definition) is 2. The van der Waals surface area contributed by atoms with Crippen LogP contribution in [-0.4, -0.2) is 20.6 Å². The summed E-state index contributed by atoms with van der Waals surface area (Å²) in [7, 11) is 0. The van der Waals surface area contributed by atoms with Crippen LogP contribution in [0.2, 0.25) is 0 Å². The lowest BCUT2D eigenvalue weighted by Gasteiger charge is -2.08. The van der Waals surface area contributed by atoms with Gasteiger partial charge in [0.1, 0.15) is 12.1 Å². The Morgan fingerprint density at radius 3 is 2.90 bits per heavy atom. The average Bonchev–Trinajstić information content (AvgIpc) is 2.89. The summed E-state index contributed by atoms with van der Waals surface area (Å²) >= 11 is 3.15. The number of amides is 2. The van der Waals surface area contributed by atoms with Crippen molar-refractivity contribution in [2.75, 3.05) is 10.6 Å². The second-order valence-electron chi connectivity index (χ2n) is 4.22. The Morgan fingerprint density at radius 1 is 1.24 bits per heavy atom. The Balaban J connectivity index is 1.73. The van der Waals surface area contributed by atoms with E-state index >= 15 is 0 Å². The van der Waals surface area contributed by atoms with Crippen LogP contribution in [0.25, 0.3) is 5.65 Å². The summed E-state index contributed by atoms with van der Waals surface area (Å²) in [5.41, 5.74) is 1.30. The normalized spacial score (nSPS) is 10.6. The number of carbonyl (C=O) groups excluding carboxylic acids is 1. The van der Waals surface area contributed by atoms with E-state index in [2.05, 4.69) is 36.8 Å². The van der Waals surface area contributed by atoms with Gasteiger partial charge in [-0.05, 0) is 30.3 Å². The molecule has 0 atom stereocenters. The number of urea groups is 1. The highest BCUT2D eigenvalue weighted by Gasteiger charge is 2.08. The van der Waals surface area contributed by atoms with E-state index in [1.807, 2.05) is 0 Å². The van der Waals surface area contributed by atoms with Gasteiger partial charge in [-0.2, -0.15) is 0 Å². The summed E-state index contributed by atoms with van der Waals surface area (Å²) in [5, 5.41) is 12.6. The number of rotatable bonds is 2. The molecule has 0 radical (unpaired) electrons. The quantitative estimate of drug-likeness (QED) is 0.745. The van der Waals surface area contributed by atoms with E-state index in [0.717, 1.165) is 0 Å². The molecule has 0 saturated carbocycles. The monoisotopic (exact) mass is 349 g/mol. The smallest absolute Gasteiger partial charge is 0.306 e. The zero-order chi connectivity index (χ0) is 14.8. The molecular weight excluding hydrogens is 341 g/mol. The number of nitrogens with one attached hydrogen (secondary N) is 2. The van der Waals surface area contributed by atoms with Gasteiger partial charge in [0, 0.05) is 10.7 Å². The van der Waals surface area contributed by atoms with Gasteiger partial charge in [0.25, 0.3) is 0 Å². The van der Waals surface area contributed by atoms with Gasteiger partial charge >= 0.3 is 6.03 Å². The van der Waals surface area contributed by atoms with Crippen molar-refractivity contribution < 1.29 is 9.18 Å². The van der Waals surface area contributed by atoms with Crippen LogP contribution in [0, 0.1) is 5.82 Å². The maximum absolute atomic E-state index is 13.6. The van der Waals surface area contributed by atoms with Crippen LogP contribution in [0.3, 0.4) is 0 Å². The van der Waals surface area contributed by atoms with Crippen LogP contribution in [-0.2, 0) is 0 Å². The van der Waals surface area contributed by atoms with Crippen molar-refractivity contribution >= 4 is 39.0 Å². The largest absolute Gasteiger partial charge is 0.323 e. The second kappa shape index (κ2) is 5.49. The maximum Gasteiger partial charge on any atom is 0.323 e. The number of pyridine rings is 1. The lowest BCUT2D eigenvalue weighted by Crippen LogP contribution is -2.20. The Kier molecular flexibility index (Phi) is 3.53. The van der Waals surface area contributed by atoms with E-state index in [4.69, 9.17) is 0 Å². The minimum Gasteiger partial charge on any atom is -0.306 e. The Bertz CT molecular complexity index is 819. The van der Waals surface area contributed by atoms with Gasteiger partial charge in [-0.25, -0.2) is 9.18 Å². The number of aromatic nitrogens is 3. The molecule has 3 aromatic rings. The number of carbonyl (C=O) groups is 1. The molecule has 0 unspecified atom stereocenters. The molecule has 0 spiro atoms. The Labute approximate surface area is 127 Å². The van der Waals surface area contributed by atoms with Crippen molar-refractivity contribution in [2.24, 2.45) is 0 Å². The molecule has 106 valence electrons. The number of anilines is 2. The third-order valence-corrected chi connectivity index (χ3v) is 3.22. The summed E-state index contributed by atoms with van der Waals surface area (Å²) in [5.74, 6) is -0.520. The van der Waals surface area contributed by atoms with Crippen molar-refractivity contribution in [3.05, 3.63) is 53.1 Å². The van der Waals surface area contributed by atoms with Gasteiger partial charge < -0.3 is 10.6 Å². The van der Waals surface area contributed by atoms with Gasteiger partial charge in [-0.3, -0.25) is 4.40 Å². The zero-order valence-corrected chi connectivity index (χ0v) is 12.1. The number of nitrogens with zero attached hydrogens (tertiary/aromatic N) is 3. The van der Waals surface area contributed by atoms with E-state index in [0.29, 0.717) is 15.8 Å². The fourth-order valence-electron chi connectivity index (χ4n) is 1.78. The summed E-state index contributed by atoms with van der Waals surface area (Å²) in [6, 6.07) is 7.25. The topological polar surface area (TPSA) is 71.3 Å². The van der Waals surface area contributed by atoms with E-state index < -0.39 is 11.8 Å². The lowest BCUT2D eigenvalue weighted by atomic mass is 10.3. The first-order valence-electron chi connectivity index (χ1n) is 5.94. The molecule has 0 bridgehead atoms. The van der Waals surface area contributed by atoms with Crippen LogP contribution in [0.15, 0.2) is 47.3 Å². The van der Waals surface area contributed by atoms with E-state index in [-0.39, 0.29) is 5.69 Å². The molecule has 6 nitrogen and oxygen atoms in total. The minimum absolute atomic E-state index is 0.0982. The average molecular weight is 350 g/mol. The van der Waals surface area contributed by atoms with Gasteiger partial charge in [0.15, 0.2) is 5.65 Å². The highest BCUT2D eigenvalue weighted by atomic mass is 79.9. The fraction of sp³-hybridized carbons (Fsp3) is 0. The predicted octanol–water partition coefficient (Wildman–Crippen LogP) is 3.27. The zero-order valence-electron chi connectivity index (χ0n) is 10.5. The number of fused-ring (bicyclic) bond motifs is 1. The molecule has 2 N–H and O–H groups in total. The van der Waals surface area contributed by atoms with Crippen molar-refractivity contribution in [1.29, 1.82) is 0 Å². The van der Waals surface area contributed by atoms with Crippen LogP contribution < -0.4 is 10.6 Å². The molecule has 0 aliphatic carbocycles. The standard InChI is InChI=1S/C13H9BrFN5O/c14-8-1-3-11(10(15)5-8)18-13(21)17-9-2-4-12-19-16-7-20(12)6-9/h1-7H,(H2,17,18,21). The van der Waals surface area contributed by atoms with E-state index in [1.165, 1.54) is 18.5 Å². The van der Waals surface area contributed by atoms with Crippen LogP contribution >= 0.6 is 15.9 Å². The summed E-state index contributed by atoms with van der Waals surface area (Å²) < 4.78 is 15.9. The molecular formula is C13H9BrFN5O. The van der Waals surface area contributed by atoms with Crippen molar-refractivity contribution in [1.82, 2.24) is 14.6 Å². The van der Waals surface area contributed by atoms with E-state index in [1.54, 1.807) is 28.8 Å². The molecule has 1 aromatic carbocycles. The number of benzene rings is 1. The fourth-order valence-corrected chi connectivity index (χ4v) is 2.11. The van der Waals surface area contributed by atoms with Gasteiger partial charge in [0.05, 0.1) is 11.4 Å². The van der Waals surface area contributed by atoms with E-state index in [9.17, 15) is 9.18 Å².